The standard InChI is InChI=1S/C22H21NO6/c1-26-18-7-3-15(4-8-18)21(16-5-9-19(27-2)10-6-16)23-20(24)14-29-22(25)17-11-12-28-13-17/h3-13,21H,14H2,1-2H3,(H,23,24). The predicted molar refractivity (Wildman–Crippen MR) is 105 cm³/mol. The van der Waals surface area contributed by atoms with E-state index in [4.69, 9.17) is 18.6 Å². The van der Waals surface area contributed by atoms with Gasteiger partial charge in [0.1, 0.15) is 17.8 Å². The minimum atomic E-state index is -0.626. The van der Waals surface area contributed by atoms with Crippen LogP contribution in [0, 0.1) is 0 Å². The second-order valence-electron chi connectivity index (χ2n) is 6.14. The number of benzene rings is 2. The summed E-state index contributed by atoms with van der Waals surface area (Å²) in [6.07, 6.45) is 2.62. The highest BCUT2D eigenvalue weighted by Crippen LogP contribution is 2.26. The van der Waals surface area contributed by atoms with Crippen LogP contribution in [0.3, 0.4) is 0 Å². The molecule has 2 aromatic carbocycles. The molecule has 0 aliphatic heterocycles. The van der Waals surface area contributed by atoms with E-state index < -0.39 is 24.5 Å². The number of hydrogen-bond acceptors (Lipinski definition) is 6. The van der Waals surface area contributed by atoms with Crippen molar-refractivity contribution < 1.29 is 28.2 Å². The van der Waals surface area contributed by atoms with Crippen molar-refractivity contribution >= 4 is 11.9 Å². The smallest absolute Gasteiger partial charge is 0.341 e. The lowest BCUT2D eigenvalue weighted by molar-refractivity contribution is -0.124. The van der Waals surface area contributed by atoms with Crippen LogP contribution >= 0.6 is 0 Å². The molecule has 3 aromatic rings. The van der Waals surface area contributed by atoms with E-state index in [-0.39, 0.29) is 5.56 Å². The largest absolute Gasteiger partial charge is 0.497 e. The third kappa shape index (κ3) is 5.16. The van der Waals surface area contributed by atoms with Gasteiger partial charge in [-0.15, -0.1) is 0 Å². The molecule has 0 radical (unpaired) electrons. The molecule has 29 heavy (non-hydrogen) atoms. The Kier molecular flexibility index (Phi) is 6.52. The highest BCUT2D eigenvalue weighted by Gasteiger charge is 2.19. The quantitative estimate of drug-likeness (QED) is 0.589. The van der Waals surface area contributed by atoms with Gasteiger partial charge < -0.3 is 23.9 Å². The summed E-state index contributed by atoms with van der Waals surface area (Å²) in [6.45, 7) is -0.410. The van der Waals surface area contributed by atoms with E-state index in [1.54, 1.807) is 14.2 Å². The summed E-state index contributed by atoms with van der Waals surface area (Å²) >= 11 is 0. The molecule has 0 atom stereocenters. The van der Waals surface area contributed by atoms with E-state index in [0.29, 0.717) is 11.5 Å². The van der Waals surface area contributed by atoms with E-state index in [9.17, 15) is 9.59 Å². The second kappa shape index (κ2) is 9.45. The fourth-order valence-corrected chi connectivity index (χ4v) is 2.75. The zero-order valence-electron chi connectivity index (χ0n) is 16.1. The first-order chi connectivity index (χ1) is 14.1. The van der Waals surface area contributed by atoms with Gasteiger partial charge in [-0.05, 0) is 41.5 Å². The number of esters is 1. The van der Waals surface area contributed by atoms with Gasteiger partial charge in [0.25, 0.3) is 5.91 Å². The highest BCUT2D eigenvalue weighted by atomic mass is 16.5. The van der Waals surface area contributed by atoms with Crippen molar-refractivity contribution in [2.75, 3.05) is 20.8 Å². The maximum Gasteiger partial charge on any atom is 0.341 e. The molecule has 150 valence electrons. The first-order valence-corrected chi connectivity index (χ1v) is 8.87. The molecule has 0 bridgehead atoms. The average Bonchev–Trinajstić information content (AvgIpc) is 3.31. The topological polar surface area (TPSA) is 87.0 Å². The lowest BCUT2D eigenvalue weighted by Crippen LogP contribution is -2.33. The minimum absolute atomic E-state index is 0.250. The number of ether oxygens (including phenoxy) is 3. The van der Waals surface area contributed by atoms with Crippen LogP contribution in [0.2, 0.25) is 0 Å². The molecule has 1 N–H and O–H groups in total. The third-order valence-electron chi connectivity index (χ3n) is 4.29. The van der Waals surface area contributed by atoms with Crippen molar-refractivity contribution in [3.63, 3.8) is 0 Å². The first-order valence-electron chi connectivity index (χ1n) is 8.87. The number of carbonyl (C=O) groups excluding carboxylic acids is 2. The van der Waals surface area contributed by atoms with Gasteiger partial charge in [-0.1, -0.05) is 24.3 Å². The minimum Gasteiger partial charge on any atom is -0.497 e. The van der Waals surface area contributed by atoms with Gasteiger partial charge in [-0.25, -0.2) is 4.79 Å². The number of hydrogen-bond donors (Lipinski definition) is 1. The Labute approximate surface area is 168 Å². The van der Waals surface area contributed by atoms with Crippen molar-refractivity contribution in [2.24, 2.45) is 0 Å². The second-order valence-corrected chi connectivity index (χ2v) is 6.14. The maximum absolute atomic E-state index is 12.5. The number of amides is 1. The Morgan fingerprint density at radius 3 is 1.90 bits per heavy atom. The SMILES string of the molecule is COc1ccc(C(NC(=O)COC(=O)c2ccoc2)c2ccc(OC)cc2)cc1. The lowest BCUT2D eigenvalue weighted by atomic mass is 9.98. The van der Waals surface area contributed by atoms with E-state index in [0.717, 1.165) is 11.1 Å². The molecular formula is C22H21NO6. The zero-order chi connectivity index (χ0) is 20.6. The summed E-state index contributed by atoms with van der Waals surface area (Å²) < 4.78 is 20.3. The van der Waals surface area contributed by atoms with Gasteiger partial charge in [0.15, 0.2) is 6.61 Å². The van der Waals surface area contributed by atoms with E-state index in [2.05, 4.69) is 5.32 Å². The fourth-order valence-electron chi connectivity index (χ4n) is 2.75. The molecule has 3 rings (SSSR count). The lowest BCUT2D eigenvalue weighted by Gasteiger charge is -2.20. The maximum atomic E-state index is 12.5. The van der Waals surface area contributed by atoms with Crippen LogP contribution < -0.4 is 14.8 Å². The predicted octanol–water partition coefficient (Wildman–Crippen LogP) is 3.36. The zero-order valence-corrected chi connectivity index (χ0v) is 16.1. The summed E-state index contributed by atoms with van der Waals surface area (Å²) in [4.78, 5) is 24.3. The van der Waals surface area contributed by atoms with Crippen molar-refractivity contribution in [2.45, 2.75) is 6.04 Å². The number of furan rings is 1. The van der Waals surface area contributed by atoms with Crippen molar-refractivity contribution in [3.8, 4) is 11.5 Å². The van der Waals surface area contributed by atoms with Gasteiger partial charge in [0.2, 0.25) is 0 Å². The third-order valence-corrected chi connectivity index (χ3v) is 4.29. The Hall–Kier alpha value is -3.74. The fraction of sp³-hybridized carbons (Fsp3) is 0.182. The Balaban J connectivity index is 1.74. The molecular weight excluding hydrogens is 374 g/mol. The number of carbonyl (C=O) groups is 2. The highest BCUT2D eigenvalue weighted by molar-refractivity contribution is 5.91. The number of rotatable bonds is 8. The molecule has 1 aromatic heterocycles. The van der Waals surface area contributed by atoms with Crippen LogP contribution in [0.4, 0.5) is 0 Å². The number of methoxy groups -OCH3 is 2. The van der Waals surface area contributed by atoms with E-state index in [1.165, 1.54) is 18.6 Å². The monoisotopic (exact) mass is 395 g/mol. The summed E-state index contributed by atoms with van der Waals surface area (Å²) in [5, 5.41) is 2.90. The van der Waals surface area contributed by atoms with Crippen molar-refractivity contribution in [1.29, 1.82) is 0 Å². The molecule has 7 heteroatoms. The van der Waals surface area contributed by atoms with Crippen LogP contribution in [0.25, 0.3) is 0 Å². The molecule has 1 amide bonds. The van der Waals surface area contributed by atoms with Crippen LogP contribution in [-0.2, 0) is 9.53 Å². The molecule has 0 fully saturated rings. The van der Waals surface area contributed by atoms with Crippen molar-refractivity contribution in [3.05, 3.63) is 83.8 Å². The van der Waals surface area contributed by atoms with Gasteiger partial charge in [0, 0.05) is 0 Å². The molecule has 1 heterocycles. The van der Waals surface area contributed by atoms with Crippen LogP contribution in [0.15, 0.2) is 71.5 Å². The number of nitrogens with one attached hydrogen (secondary N) is 1. The van der Waals surface area contributed by atoms with E-state index in [1.807, 2.05) is 48.5 Å². The molecule has 0 aliphatic carbocycles. The summed E-state index contributed by atoms with van der Waals surface area (Å²) in [5.74, 6) is 0.364. The van der Waals surface area contributed by atoms with Gasteiger partial charge >= 0.3 is 5.97 Å². The van der Waals surface area contributed by atoms with Crippen LogP contribution in [0.1, 0.15) is 27.5 Å². The normalized spacial score (nSPS) is 10.4. The molecule has 7 nitrogen and oxygen atoms in total. The molecule has 0 unspecified atom stereocenters. The summed E-state index contributed by atoms with van der Waals surface area (Å²) in [6, 6.07) is 15.8. The van der Waals surface area contributed by atoms with E-state index >= 15 is 0 Å². The van der Waals surface area contributed by atoms with Gasteiger partial charge in [0.05, 0.1) is 32.1 Å². The molecule has 0 spiro atoms. The first kappa shape index (κ1) is 20.0. The molecule has 0 aliphatic rings. The van der Waals surface area contributed by atoms with Gasteiger partial charge in [-0.2, -0.15) is 0 Å². The summed E-state index contributed by atoms with van der Waals surface area (Å²) in [7, 11) is 3.18. The molecule has 0 saturated carbocycles. The van der Waals surface area contributed by atoms with Crippen LogP contribution in [-0.4, -0.2) is 32.7 Å². The van der Waals surface area contributed by atoms with Gasteiger partial charge in [-0.3, -0.25) is 4.79 Å². The van der Waals surface area contributed by atoms with Crippen molar-refractivity contribution in [1.82, 2.24) is 5.32 Å². The Morgan fingerprint density at radius 1 is 0.897 bits per heavy atom. The Bertz CT molecular complexity index is 885. The van der Waals surface area contributed by atoms with Crippen LogP contribution in [0.5, 0.6) is 11.5 Å². The Morgan fingerprint density at radius 2 is 1.45 bits per heavy atom. The molecule has 0 saturated heterocycles. The summed E-state index contributed by atoms with van der Waals surface area (Å²) in [5.41, 5.74) is 1.95. The average molecular weight is 395 g/mol.